The summed E-state index contributed by atoms with van der Waals surface area (Å²) in [6, 6.07) is 1.06. The molecular formula is C12H12F2N2O2. The van der Waals surface area contributed by atoms with Crippen LogP contribution in [0.2, 0.25) is 0 Å². The second-order valence-electron chi connectivity index (χ2n) is 4.65. The van der Waals surface area contributed by atoms with Gasteiger partial charge < -0.3 is 10.1 Å². The van der Waals surface area contributed by atoms with E-state index in [0.717, 1.165) is 25.5 Å². The fraction of sp³-hybridized carbons (Fsp3) is 0.500. The fourth-order valence-electron chi connectivity index (χ4n) is 2.63. The van der Waals surface area contributed by atoms with Gasteiger partial charge in [-0.05, 0) is 25.3 Å². The van der Waals surface area contributed by atoms with E-state index in [9.17, 15) is 13.6 Å². The van der Waals surface area contributed by atoms with Gasteiger partial charge in [-0.25, -0.2) is 9.37 Å². The molecule has 2 bridgehead atoms. The van der Waals surface area contributed by atoms with E-state index in [-0.39, 0.29) is 23.8 Å². The van der Waals surface area contributed by atoms with Crippen LogP contribution < -0.4 is 5.32 Å². The summed E-state index contributed by atoms with van der Waals surface area (Å²) in [6.07, 6.45) is 3.93. The number of nitrogens with one attached hydrogen (secondary N) is 1. The predicted octanol–water partition coefficient (Wildman–Crippen LogP) is 1.41. The number of nitrogens with zero attached hydrogens (tertiary/aromatic N) is 1. The number of amides is 1. The van der Waals surface area contributed by atoms with Gasteiger partial charge in [-0.15, -0.1) is 0 Å². The van der Waals surface area contributed by atoms with Crippen molar-refractivity contribution in [3.05, 3.63) is 29.6 Å². The van der Waals surface area contributed by atoms with E-state index in [1.54, 1.807) is 0 Å². The summed E-state index contributed by atoms with van der Waals surface area (Å²) in [6.45, 7) is 0. The molecule has 1 N–H and O–H groups in total. The Hall–Kier alpha value is -1.56. The second-order valence-corrected chi connectivity index (χ2v) is 4.65. The van der Waals surface area contributed by atoms with Gasteiger partial charge in [-0.1, -0.05) is 0 Å². The molecule has 3 unspecified atom stereocenters. The van der Waals surface area contributed by atoms with Gasteiger partial charge in [-0.3, -0.25) is 4.79 Å². The minimum atomic E-state index is -1.26. The number of hydrogen-bond acceptors (Lipinski definition) is 3. The number of carbonyl (C=O) groups excluding carboxylic acids is 1. The first-order valence-electron chi connectivity index (χ1n) is 5.91. The van der Waals surface area contributed by atoms with E-state index in [0.29, 0.717) is 0 Å². The zero-order valence-corrected chi connectivity index (χ0v) is 9.53. The van der Waals surface area contributed by atoms with Crippen LogP contribution in [-0.2, 0) is 4.74 Å². The lowest BCUT2D eigenvalue weighted by Gasteiger charge is -2.20. The minimum Gasteiger partial charge on any atom is -0.373 e. The van der Waals surface area contributed by atoms with E-state index in [2.05, 4.69) is 10.3 Å². The molecule has 0 radical (unpaired) electrons. The largest absolute Gasteiger partial charge is 0.373 e. The summed E-state index contributed by atoms with van der Waals surface area (Å²) in [5.41, 5.74) is -0.315. The van der Waals surface area contributed by atoms with Crippen LogP contribution in [0.4, 0.5) is 8.78 Å². The average molecular weight is 254 g/mol. The highest BCUT2D eigenvalue weighted by Gasteiger charge is 2.41. The Morgan fingerprint density at radius 1 is 1.44 bits per heavy atom. The quantitative estimate of drug-likeness (QED) is 0.812. The number of fused-ring (bicyclic) bond motifs is 2. The lowest BCUT2D eigenvalue weighted by molar-refractivity contribution is 0.0837. The van der Waals surface area contributed by atoms with Crippen LogP contribution in [-0.4, -0.2) is 29.1 Å². The van der Waals surface area contributed by atoms with Crippen LogP contribution in [0.15, 0.2) is 12.3 Å². The van der Waals surface area contributed by atoms with Gasteiger partial charge in [0.25, 0.3) is 5.91 Å². The molecule has 4 nitrogen and oxygen atoms in total. The lowest BCUT2D eigenvalue weighted by Crippen LogP contribution is -2.41. The van der Waals surface area contributed by atoms with Crippen molar-refractivity contribution in [2.75, 3.05) is 0 Å². The third-order valence-corrected chi connectivity index (χ3v) is 3.51. The molecule has 1 amide bonds. The van der Waals surface area contributed by atoms with Crippen LogP contribution in [0.3, 0.4) is 0 Å². The van der Waals surface area contributed by atoms with Gasteiger partial charge in [0.05, 0.1) is 23.8 Å². The Kier molecular flexibility index (Phi) is 2.74. The third kappa shape index (κ3) is 1.86. The fourth-order valence-corrected chi connectivity index (χ4v) is 2.63. The van der Waals surface area contributed by atoms with Crippen LogP contribution in [0.5, 0.6) is 0 Å². The van der Waals surface area contributed by atoms with Crippen molar-refractivity contribution in [2.45, 2.75) is 37.5 Å². The van der Waals surface area contributed by atoms with Crippen LogP contribution in [0, 0.1) is 11.8 Å². The summed E-state index contributed by atoms with van der Waals surface area (Å²) in [5, 5.41) is 2.70. The maximum atomic E-state index is 13.4. The van der Waals surface area contributed by atoms with E-state index in [4.69, 9.17) is 4.74 Å². The third-order valence-electron chi connectivity index (χ3n) is 3.51. The lowest BCUT2D eigenvalue weighted by atomic mass is 9.95. The summed E-state index contributed by atoms with van der Waals surface area (Å²) >= 11 is 0. The molecule has 2 fully saturated rings. The molecule has 3 atom stereocenters. The van der Waals surface area contributed by atoms with Gasteiger partial charge in [0.2, 0.25) is 5.95 Å². The highest BCUT2D eigenvalue weighted by Crippen LogP contribution is 2.34. The van der Waals surface area contributed by atoms with Crippen molar-refractivity contribution in [1.29, 1.82) is 0 Å². The van der Waals surface area contributed by atoms with E-state index in [1.165, 1.54) is 6.07 Å². The molecule has 0 aromatic carbocycles. The van der Waals surface area contributed by atoms with Crippen molar-refractivity contribution in [2.24, 2.45) is 0 Å². The molecule has 3 heterocycles. The number of ether oxygens (including phenoxy) is 1. The molecule has 2 aliphatic rings. The molecule has 96 valence electrons. The zero-order chi connectivity index (χ0) is 12.7. The number of halogens is 2. The van der Waals surface area contributed by atoms with Gasteiger partial charge in [0.1, 0.15) is 0 Å². The maximum absolute atomic E-state index is 13.4. The topological polar surface area (TPSA) is 51.2 Å². The number of hydrogen-bond donors (Lipinski definition) is 1. The Morgan fingerprint density at radius 3 is 2.94 bits per heavy atom. The molecule has 1 aromatic heterocycles. The molecule has 0 saturated carbocycles. The Balaban J connectivity index is 1.73. The number of rotatable bonds is 2. The Labute approximate surface area is 102 Å². The molecule has 0 spiro atoms. The first kappa shape index (κ1) is 11.5. The van der Waals surface area contributed by atoms with E-state index >= 15 is 0 Å². The van der Waals surface area contributed by atoms with Crippen molar-refractivity contribution in [1.82, 2.24) is 10.3 Å². The smallest absolute Gasteiger partial charge is 0.254 e. The summed E-state index contributed by atoms with van der Waals surface area (Å²) < 4.78 is 31.9. The van der Waals surface area contributed by atoms with Gasteiger partial charge in [0.15, 0.2) is 5.82 Å². The standard InChI is InChI=1S/C12H12F2N2O2/c13-10-7(3-4-15-11(10)14)12(17)16-8-5-6-1-2-9(8)18-6/h3-4,6,8-9H,1-2,5H2,(H,16,17). The monoisotopic (exact) mass is 254 g/mol. The number of pyridine rings is 1. The van der Waals surface area contributed by atoms with Crippen molar-refractivity contribution < 1.29 is 18.3 Å². The molecular weight excluding hydrogens is 242 g/mol. The van der Waals surface area contributed by atoms with Crippen LogP contribution in [0.1, 0.15) is 29.6 Å². The predicted molar refractivity (Wildman–Crippen MR) is 57.9 cm³/mol. The molecule has 1 aromatic rings. The van der Waals surface area contributed by atoms with Crippen molar-refractivity contribution in [3.8, 4) is 0 Å². The zero-order valence-electron chi connectivity index (χ0n) is 9.53. The molecule has 0 aliphatic carbocycles. The normalized spacial score (nSPS) is 29.6. The van der Waals surface area contributed by atoms with Crippen LogP contribution in [0.25, 0.3) is 0 Å². The SMILES string of the molecule is O=C(NC1CC2CCC1O2)c1ccnc(F)c1F. The maximum Gasteiger partial charge on any atom is 0.254 e. The summed E-state index contributed by atoms with van der Waals surface area (Å²) in [4.78, 5) is 15.0. The number of aromatic nitrogens is 1. The Bertz CT molecular complexity index is 495. The van der Waals surface area contributed by atoms with Gasteiger partial charge >= 0.3 is 0 Å². The Morgan fingerprint density at radius 2 is 2.28 bits per heavy atom. The van der Waals surface area contributed by atoms with Crippen LogP contribution >= 0.6 is 0 Å². The summed E-state index contributed by atoms with van der Waals surface area (Å²) in [5.74, 6) is -3.08. The highest BCUT2D eigenvalue weighted by molar-refractivity contribution is 5.94. The van der Waals surface area contributed by atoms with E-state index in [1.807, 2.05) is 0 Å². The first-order valence-corrected chi connectivity index (χ1v) is 5.91. The molecule has 2 aliphatic heterocycles. The van der Waals surface area contributed by atoms with Crippen molar-refractivity contribution >= 4 is 5.91 Å². The van der Waals surface area contributed by atoms with Crippen molar-refractivity contribution in [3.63, 3.8) is 0 Å². The van der Waals surface area contributed by atoms with Gasteiger partial charge in [-0.2, -0.15) is 4.39 Å². The van der Waals surface area contributed by atoms with E-state index < -0.39 is 17.7 Å². The average Bonchev–Trinajstić information content (AvgIpc) is 2.94. The molecule has 6 heteroatoms. The van der Waals surface area contributed by atoms with Gasteiger partial charge in [0, 0.05) is 6.20 Å². The second kappa shape index (κ2) is 4.28. The highest BCUT2D eigenvalue weighted by atomic mass is 19.2. The molecule has 2 saturated heterocycles. The molecule has 18 heavy (non-hydrogen) atoms. The number of carbonyl (C=O) groups is 1. The first-order chi connectivity index (χ1) is 8.65. The minimum absolute atomic E-state index is 0.00805. The molecule has 3 rings (SSSR count). The summed E-state index contributed by atoms with van der Waals surface area (Å²) in [7, 11) is 0.